The van der Waals surface area contributed by atoms with Crippen molar-refractivity contribution in [2.75, 3.05) is 6.54 Å². The van der Waals surface area contributed by atoms with Gasteiger partial charge < -0.3 is 14.9 Å². The Morgan fingerprint density at radius 3 is 2.70 bits per heavy atom. The standard InChI is InChI=1S/C13H19N3O4/c1-7-5-9(10(6-7)13(18)19)12(17)14-4-3-11-15-8(2)16-20-11/h7,9-10H,3-6H2,1-2H3,(H,14,17)(H,18,19). The lowest BCUT2D eigenvalue weighted by Crippen LogP contribution is -2.36. The number of nitrogens with one attached hydrogen (secondary N) is 1. The van der Waals surface area contributed by atoms with Crippen LogP contribution in [-0.2, 0) is 16.0 Å². The molecule has 0 spiro atoms. The molecular weight excluding hydrogens is 262 g/mol. The number of carboxylic acids is 1. The molecule has 3 unspecified atom stereocenters. The largest absolute Gasteiger partial charge is 0.481 e. The lowest BCUT2D eigenvalue weighted by atomic mass is 9.95. The normalized spacial score (nSPS) is 25.6. The second-order valence-corrected chi connectivity index (χ2v) is 5.40. The summed E-state index contributed by atoms with van der Waals surface area (Å²) in [4.78, 5) is 27.2. The van der Waals surface area contributed by atoms with Crippen molar-refractivity contribution in [2.24, 2.45) is 17.8 Å². The number of rotatable bonds is 5. The quantitative estimate of drug-likeness (QED) is 0.826. The summed E-state index contributed by atoms with van der Waals surface area (Å²) in [5, 5.41) is 15.6. The first kappa shape index (κ1) is 14.5. The van der Waals surface area contributed by atoms with Crippen LogP contribution >= 0.6 is 0 Å². The van der Waals surface area contributed by atoms with E-state index in [0.717, 1.165) is 0 Å². The Morgan fingerprint density at radius 1 is 1.40 bits per heavy atom. The smallest absolute Gasteiger partial charge is 0.307 e. The van der Waals surface area contributed by atoms with Crippen LogP contribution in [-0.4, -0.2) is 33.7 Å². The SMILES string of the molecule is Cc1noc(CCNC(=O)C2CC(C)CC2C(=O)O)n1. The molecule has 1 amide bonds. The molecule has 7 nitrogen and oxygen atoms in total. The number of nitrogens with zero attached hydrogens (tertiary/aromatic N) is 2. The van der Waals surface area contributed by atoms with Crippen molar-refractivity contribution in [1.82, 2.24) is 15.5 Å². The molecule has 1 aromatic heterocycles. The molecule has 0 bridgehead atoms. The van der Waals surface area contributed by atoms with E-state index in [-0.39, 0.29) is 11.8 Å². The Kier molecular flexibility index (Phi) is 4.36. The van der Waals surface area contributed by atoms with E-state index in [9.17, 15) is 9.59 Å². The number of aliphatic carboxylic acids is 1. The highest BCUT2D eigenvalue weighted by Crippen LogP contribution is 2.36. The fraction of sp³-hybridized carbons (Fsp3) is 0.692. The Labute approximate surface area is 116 Å². The number of amides is 1. The maximum absolute atomic E-state index is 12.1. The van der Waals surface area contributed by atoms with Crippen molar-refractivity contribution >= 4 is 11.9 Å². The Hall–Kier alpha value is -1.92. The minimum atomic E-state index is -0.887. The van der Waals surface area contributed by atoms with E-state index in [2.05, 4.69) is 15.5 Å². The van der Waals surface area contributed by atoms with Gasteiger partial charge in [0.2, 0.25) is 11.8 Å². The number of hydrogen-bond acceptors (Lipinski definition) is 5. The molecule has 1 aliphatic rings. The van der Waals surface area contributed by atoms with Crippen molar-refractivity contribution in [1.29, 1.82) is 0 Å². The molecule has 0 radical (unpaired) electrons. The number of carbonyl (C=O) groups excluding carboxylic acids is 1. The van der Waals surface area contributed by atoms with Crippen LogP contribution in [0.1, 0.15) is 31.5 Å². The first-order valence-electron chi connectivity index (χ1n) is 6.77. The van der Waals surface area contributed by atoms with Gasteiger partial charge in [-0.2, -0.15) is 4.98 Å². The van der Waals surface area contributed by atoms with Gasteiger partial charge in [0.25, 0.3) is 0 Å². The molecule has 3 atom stereocenters. The molecule has 0 aliphatic heterocycles. The predicted molar refractivity (Wildman–Crippen MR) is 68.8 cm³/mol. The summed E-state index contributed by atoms with van der Waals surface area (Å²) in [6, 6.07) is 0. The summed E-state index contributed by atoms with van der Waals surface area (Å²) in [5.41, 5.74) is 0. The summed E-state index contributed by atoms with van der Waals surface area (Å²) in [7, 11) is 0. The highest BCUT2D eigenvalue weighted by molar-refractivity contribution is 5.85. The first-order valence-corrected chi connectivity index (χ1v) is 6.77. The van der Waals surface area contributed by atoms with E-state index >= 15 is 0 Å². The van der Waals surface area contributed by atoms with E-state index in [1.54, 1.807) is 6.92 Å². The van der Waals surface area contributed by atoms with Crippen LogP contribution in [0.5, 0.6) is 0 Å². The van der Waals surface area contributed by atoms with E-state index in [1.807, 2.05) is 6.92 Å². The van der Waals surface area contributed by atoms with Crippen molar-refractivity contribution < 1.29 is 19.2 Å². The van der Waals surface area contributed by atoms with Gasteiger partial charge in [0.15, 0.2) is 5.82 Å². The van der Waals surface area contributed by atoms with Crippen LogP contribution in [0.25, 0.3) is 0 Å². The summed E-state index contributed by atoms with van der Waals surface area (Å²) < 4.78 is 4.94. The zero-order chi connectivity index (χ0) is 14.7. The van der Waals surface area contributed by atoms with Crippen molar-refractivity contribution in [3.63, 3.8) is 0 Å². The molecule has 20 heavy (non-hydrogen) atoms. The van der Waals surface area contributed by atoms with Crippen LogP contribution in [0.4, 0.5) is 0 Å². The molecule has 1 aromatic rings. The third-order valence-corrected chi connectivity index (χ3v) is 3.66. The fourth-order valence-corrected chi connectivity index (χ4v) is 2.72. The van der Waals surface area contributed by atoms with Gasteiger partial charge in [0.05, 0.1) is 11.8 Å². The summed E-state index contributed by atoms with van der Waals surface area (Å²) in [5.74, 6) is -0.799. The van der Waals surface area contributed by atoms with Crippen molar-refractivity contribution in [3.8, 4) is 0 Å². The van der Waals surface area contributed by atoms with Gasteiger partial charge in [-0.1, -0.05) is 12.1 Å². The van der Waals surface area contributed by atoms with Gasteiger partial charge in [-0.25, -0.2) is 0 Å². The zero-order valence-electron chi connectivity index (χ0n) is 11.6. The van der Waals surface area contributed by atoms with Crippen LogP contribution in [0.2, 0.25) is 0 Å². The molecule has 7 heteroatoms. The average molecular weight is 281 g/mol. The fourth-order valence-electron chi connectivity index (χ4n) is 2.72. The maximum atomic E-state index is 12.1. The van der Waals surface area contributed by atoms with Crippen LogP contribution in [0.15, 0.2) is 4.52 Å². The third kappa shape index (κ3) is 3.34. The van der Waals surface area contributed by atoms with Gasteiger partial charge in [-0.15, -0.1) is 0 Å². The van der Waals surface area contributed by atoms with E-state index in [1.165, 1.54) is 0 Å². The van der Waals surface area contributed by atoms with Crippen LogP contribution < -0.4 is 5.32 Å². The van der Waals surface area contributed by atoms with Gasteiger partial charge >= 0.3 is 5.97 Å². The highest BCUT2D eigenvalue weighted by atomic mass is 16.5. The van der Waals surface area contributed by atoms with E-state index in [0.29, 0.717) is 37.5 Å². The Bertz CT molecular complexity index is 500. The van der Waals surface area contributed by atoms with Crippen molar-refractivity contribution in [2.45, 2.75) is 33.1 Å². The molecule has 110 valence electrons. The molecule has 0 saturated heterocycles. The Balaban J connectivity index is 1.83. The van der Waals surface area contributed by atoms with Gasteiger partial charge in [0, 0.05) is 13.0 Å². The monoisotopic (exact) mass is 281 g/mol. The molecule has 2 N–H and O–H groups in total. The summed E-state index contributed by atoms with van der Waals surface area (Å²) in [6.07, 6.45) is 1.64. The highest BCUT2D eigenvalue weighted by Gasteiger charge is 2.40. The Morgan fingerprint density at radius 2 is 2.10 bits per heavy atom. The predicted octanol–water partition coefficient (Wildman–Crippen LogP) is 0.784. The van der Waals surface area contributed by atoms with Crippen LogP contribution in [0, 0.1) is 24.7 Å². The molecule has 1 heterocycles. The van der Waals surface area contributed by atoms with Crippen LogP contribution in [0.3, 0.4) is 0 Å². The maximum Gasteiger partial charge on any atom is 0.307 e. The second-order valence-electron chi connectivity index (χ2n) is 5.40. The molecule has 0 aromatic carbocycles. The van der Waals surface area contributed by atoms with E-state index in [4.69, 9.17) is 9.63 Å². The molecule has 1 saturated carbocycles. The number of aryl methyl sites for hydroxylation is 1. The third-order valence-electron chi connectivity index (χ3n) is 3.66. The van der Waals surface area contributed by atoms with Gasteiger partial charge in [-0.3, -0.25) is 9.59 Å². The first-order chi connectivity index (χ1) is 9.47. The van der Waals surface area contributed by atoms with Gasteiger partial charge in [0.1, 0.15) is 0 Å². The lowest BCUT2D eigenvalue weighted by Gasteiger charge is -2.14. The minimum Gasteiger partial charge on any atom is -0.481 e. The van der Waals surface area contributed by atoms with Crippen molar-refractivity contribution in [3.05, 3.63) is 11.7 Å². The summed E-state index contributed by atoms with van der Waals surface area (Å²) >= 11 is 0. The molecular formula is C13H19N3O4. The second kappa shape index (κ2) is 6.02. The molecule has 2 rings (SSSR count). The summed E-state index contributed by atoms with van der Waals surface area (Å²) in [6.45, 7) is 4.07. The minimum absolute atomic E-state index is 0.196. The number of carbonyl (C=O) groups is 2. The number of hydrogen-bond donors (Lipinski definition) is 2. The lowest BCUT2D eigenvalue weighted by molar-refractivity contribution is -0.146. The topological polar surface area (TPSA) is 105 Å². The van der Waals surface area contributed by atoms with E-state index < -0.39 is 17.8 Å². The average Bonchev–Trinajstić information content (AvgIpc) is 2.95. The zero-order valence-corrected chi connectivity index (χ0v) is 11.6. The molecule has 1 fully saturated rings. The molecule has 1 aliphatic carbocycles. The number of carboxylic acid groups (broad SMARTS) is 1. The van der Waals surface area contributed by atoms with Gasteiger partial charge in [-0.05, 0) is 25.7 Å². The number of aromatic nitrogens is 2.